The highest BCUT2D eigenvalue weighted by Gasteiger charge is 2.18. The first-order chi connectivity index (χ1) is 9.54. The lowest BCUT2D eigenvalue weighted by Gasteiger charge is -2.16. The molecule has 1 aromatic carbocycles. The van der Waals surface area contributed by atoms with Crippen molar-refractivity contribution in [1.29, 1.82) is 0 Å². The second-order valence-corrected chi connectivity index (χ2v) is 4.58. The topological polar surface area (TPSA) is 78.4 Å². The van der Waals surface area contributed by atoms with Crippen molar-refractivity contribution >= 4 is 12.0 Å². The van der Waals surface area contributed by atoms with Crippen LogP contribution in [0.5, 0.6) is 0 Å². The van der Waals surface area contributed by atoms with E-state index < -0.39 is 18.0 Å². The van der Waals surface area contributed by atoms with E-state index in [0.717, 1.165) is 5.56 Å². The lowest BCUT2D eigenvalue weighted by atomic mass is 10.0. The van der Waals surface area contributed by atoms with E-state index >= 15 is 0 Å². The van der Waals surface area contributed by atoms with E-state index in [4.69, 9.17) is 5.11 Å². The molecule has 0 aliphatic rings. The molecule has 108 valence electrons. The Hall–Kier alpha value is -2.30. The van der Waals surface area contributed by atoms with Gasteiger partial charge in [-0.2, -0.15) is 0 Å². The van der Waals surface area contributed by atoms with Crippen LogP contribution in [0.4, 0.5) is 4.79 Å². The lowest BCUT2D eigenvalue weighted by molar-refractivity contribution is -0.139. The van der Waals surface area contributed by atoms with Gasteiger partial charge in [0.25, 0.3) is 0 Å². The predicted molar refractivity (Wildman–Crippen MR) is 77.6 cm³/mol. The second-order valence-electron chi connectivity index (χ2n) is 4.58. The maximum Gasteiger partial charge on any atom is 0.326 e. The normalized spacial score (nSPS) is 13.1. The zero-order valence-electron chi connectivity index (χ0n) is 11.5. The van der Waals surface area contributed by atoms with Gasteiger partial charge in [0.2, 0.25) is 0 Å². The number of hydrogen-bond donors (Lipinski definition) is 3. The summed E-state index contributed by atoms with van der Waals surface area (Å²) in [6.07, 6.45) is 1.66. The van der Waals surface area contributed by atoms with Crippen molar-refractivity contribution < 1.29 is 14.7 Å². The van der Waals surface area contributed by atoms with Crippen LogP contribution < -0.4 is 10.6 Å². The number of carboxylic acids is 1. The Labute approximate surface area is 118 Å². The Morgan fingerprint density at radius 3 is 2.55 bits per heavy atom. The van der Waals surface area contributed by atoms with Crippen molar-refractivity contribution in [1.82, 2.24) is 10.6 Å². The zero-order chi connectivity index (χ0) is 15.0. The molecular formula is C15H20N2O3. The SMILES string of the molecule is C=CCC(NC(=O)NCC(C)c1ccccc1)C(=O)O. The molecule has 0 saturated carbocycles. The molecule has 0 aliphatic carbocycles. The van der Waals surface area contributed by atoms with Gasteiger partial charge in [0.1, 0.15) is 6.04 Å². The molecule has 3 N–H and O–H groups in total. The van der Waals surface area contributed by atoms with Crippen molar-refractivity contribution in [3.8, 4) is 0 Å². The van der Waals surface area contributed by atoms with Gasteiger partial charge in [0.05, 0.1) is 0 Å². The summed E-state index contributed by atoms with van der Waals surface area (Å²) >= 11 is 0. The van der Waals surface area contributed by atoms with Crippen LogP contribution in [-0.2, 0) is 4.79 Å². The molecule has 5 heteroatoms. The lowest BCUT2D eigenvalue weighted by Crippen LogP contribution is -2.46. The summed E-state index contributed by atoms with van der Waals surface area (Å²) in [7, 11) is 0. The molecule has 0 bridgehead atoms. The molecule has 1 rings (SSSR count). The minimum absolute atomic E-state index is 0.157. The number of carboxylic acid groups (broad SMARTS) is 1. The number of carbonyl (C=O) groups excluding carboxylic acids is 1. The number of urea groups is 1. The van der Waals surface area contributed by atoms with E-state index in [2.05, 4.69) is 17.2 Å². The fraction of sp³-hybridized carbons (Fsp3) is 0.333. The van der Waals surface area contributed by atoms with Crippen LogP contribution in [0.25, 0.3) is 0 Å². The second kappa shape index (κ2) is 7.99. The van der Waals surface area contributed by atoms with Gasteiger partial charge >= 0.3 is 12.0 Å². The number of nitrogens with one attached hydrogen (secondary N) is 2. The van der Waals surface area contributed by atoms with E-state index in [0.29, 0.717) is 6.54 Å². The fourth-order valence-electron chi connectivity index (χ4n) is 1.74. The summed E-state index contributed by atoms with van der Waals surface area (Å²) in [6, 6.07) is 8.36. The molecule has 1 aromatic rings. The van der Waals surface area contributed by atoms with Gasteiger partial charge in [-0.25, -0.2) is 9.59 Å². The van der Waals surface area contributed by atoms with Crippen LogP contribution in [-0.4, -0.2) is 29.7 Å². The highest BCUT2D eigenvalue weighted by Crippen LogP contribution is 2.12. The molecular weight excluding hydrogens is 256 g/mol. The summed E-state index contributed by atoms with van der Waals surface area (Å²) in [5, 5.41) is 14.0. The molecule has 0 heterocycles. The first kappa shape index (κ1) is 15.8. The first-order valence-electron chi connectivity index (χ1n) is 6.47. The van der Waals surface area contributed by atoms with Gasteiger partial charge in [-0.1, -0.05) is 43.3 Å². The van der Waals surface area contributed by atoms with E-state index in [1.165, 1.54) is 6.08 Å². The zero-order valence-corrected chi connectivity index (χ0v) is 11.5. The summed E-state index contributed by atoms with van der Waals surface area (Å²) in [6.45, 7) is 5.90. The number of aliphatic carboxylic acids is 1. The number of rotatable bonds is 7. The number of benzene rings is 1. The van der Waals surface area contributed by atoms with Crippen LogP contribution in [0, 0.1) is 0 Å². The molecule has 0 saturated heterocycles. The molecule has 0 radical (unpaired) electrons. The average molecular weight is 276 g/mol. The van der Waals surface area contributed by atoms with Crippen molar-refractivity contribution in [3.05, 3.63) is 48.6 Å². The van der Waals surface area contributed by atoms with E-state index in [-0.39, 0.29) is 12.3 Å². The van der Waals surface area contributed by atoms with Gasteiger partial charge in [0.15, 0.2) is 0 Å². The minimum Gasteiger partial charge on any atom is -0.480 e. The average Bonchev–Trinajstić information content (AvgIpc) is 2.45. The maximum atomic E-state index is 11.6. The Morgan fingerprint density at radius 2 is 2.00 bits per heavy atom. The number of carbonyl (C=O) groups is 2. The fourth-order valence-corrected chi connectivity index (χ4v) is 1.74. The van der Waals surface area contributed by atoms with Gasteiger partial charge < -0.3 is 15.7 Å². The third kappa shape index (κ3) is 5.14. The molecule has 0 aromatic heterocycles. The Morgan fingerprint density at radius 1 is 1.35 bits per heavy atom. The summed E-state index contributed by atoms with van der Waals surface area (Å²) in [4.78, 5) is 22.5. The molecule has 0 fully saturated rings. The van der Waals surface area contributed by atoms with Crippen molar-refractivity contribution in [2.75, 3.05) is 6.54 Å². The number of amides is 2. The Bertz CT molecular complexity index is 459. The van der Waals surface area contributed by atoms with Gasteiger partial charge in [-0.3, -0.25) is 0 Å². The van der Waals surface area contributed by atoms with Gasteiger partial charge in [-0.05, 0) is 17.9 Å². The van der Waals surface area contributed by atoms with Gasteiger partial charge in [-0.15, -0.1) is 6.58 Å². The first-order valence-corrected chi connectivity index (χ1v) is 6.47. The third-order valence-corrected chi connectivity index (χ3v) is 2.94. The summed E-state index contributed by atoms with van der Waals surface area (Å²) < 4.78 is 0. The molecule has 2 unspecified atom stereocenters. The number of hydrogen-bond acceptors (Lipinski definition) is 2. The van der Waals surface area contributed by atoms with Crippen LogP contribution in [0.3, 0.4) is 0 Å². The summed E-state index contributed by atoms with van der Waals surface area (Å²) in [5.74, 6) is -0.916. The Kier molecular flexibility index (Phi) is 6.29. The molecule has 5 nitrogen and oxygen atoms in total. The van der Waals surface area contributed by atoms with E-state index in [1.807, 2.05) is 37.3 Å². The van der Waals surface area contributed by atoms with Crippen LogP contribution >= 0.6 is 0 Å². The largest absolute Gasteiger partial charge is 0.480 e. The standard InChI is InChI=1S/C15H20N2O3/c1-3-7-13(14(18)19)17-15(20)16-10-11(2)12-8-5-4-6-9-12/h3-6,8-9,11,13H,1,7,10H2,2H3,(H,18,19)(H2,16,17,20). The quantitative estimate of drug-likeness (QED) is 0.667. The van der Waals surface area contributed by atoms with Gasteiger partial charge in [0, 0.05) is 6.54 Å². The van der Waals surface area contributed by atoms with E-state index in [1.54, 1.807) is 0 Å². The van der Waals surface area contributed by atoms with E-state index in [9.17, 15) is 9.59 Å². The van der Waals surface area contributed by atoms with Crippen LogP contribution in [0.1, 0.15) is 24.8 Å². The maximum absolute atomic E-state index is 11.6. The molecule has 20 heavy (non-hydrogen) atoms. The molecule has 0 aliphatic heterocycles. The monoisotopic (exact) mass is 276 g/mol. The van der Waals surface area contributed by atoms with Crippen molar-refractivity contribution in [2.45, 2.75) is 25.3 Å². The van der Waals surface area contributed by atoms with Crippen LogP contribution in [0.2, 0.25) is 0 Å². The highest BCUT2D eigenvalue weighted by atomic mass is 16.4. The van der Waals surface area contributed by atoms with Crippen molar-refractivity contribution in [2.24, 2.45) is 0 Å². The Balaban J connectivity index is 2.43. The predicted octanol–water partition coefficient (Wildman–Crippen LogP) is 2.12. The smallest absolute Gasteiger partial charge is 0.326 e. The summed E-state index contributed by atoms with van der Waals surface area (Å²) in [5.41, 5.74) is 1.12. The van der Waals surface area contributed by atoms with Crippen molar-refractivity contribution in [3.63, 3.8) is 0 Å². The molecule has 0 spiro atoms. The molecule has 2 amide bonds. The molecule has 2 atom stereocenters. The highest BCUT2D eigenvalue weighted by molar-refractivity contribution is 5.82. The minimum atomic E-state index is -1.07. The van der Waals surface area contributed by atoms with Crippen LogP contribution in [0.15, 0.2) is 43.0 Å². The third-order valence-electron chi connectivity index (χ3n) is 2.94.